The van der Waals surface area contributed by atoms with Gasteiger partial charge in [-0.25, -0.2) is 0 Å². The van der Waals surface area contributed by atoms with Gasteiger partial charge in [-0.05, 0) is 29.7 Å². The molecule has 0 saturated heterocycles. The van der Waals surface area contributed by atoms with Crippen molar-refractivity contribution >= 4 is 17.6 Å². The maximum Gasteiger partial charge on any atom is 0.307 e. The van der Waals surface area contributed by atoms with Crippen LogP contribution in [0.5, 0.6) is 0 Å². The maximum absolute atomic E-state index is 10.7. The Balaban J connectivity index is 3.33. The quantitative estimate of drug-likeness (QED) is 0.800. The Morgan fingerprint density at radius 2 is 2.20 bits per heavy atom. The van der Waals surface area contributed by atoms with E-state index in [1.165, 1.54) is 0 Å². The van der Waals surface area contributed by atoms with Crippen LogP contribution in [-0.4, -0.2) is 11.1 Å². The third-order valence-electron chi connectivity index (χ3n) is 2.25. The summed E-state index contributed by atoms with van der Waals surface area (Å²) in [6, 6.07) is 5.42. The van der Waals surface area contributed by atoms with Gasteiger partial charge in [0.2, 0.25) is 0 Å². The minimum absolute atomic E-state index is 0.0938. The van der Waals surface area contributed by atoms with Gasteiger partial charge in [-0.1, -0.05) is 6.07 Å². The molecule has 1 aromatic carbocycles. The van der Waals surface area contributed by atoms with Crippen LogP contribution in [0.15, 0.2) is 12.1 Å². The van der Waals surface area contributed by atoms with Gasteiger partial charge in [0.15, 0.2) is 0 Å². The van der Waals surface area contributed by atoms with Crippen LogP contribution in [-0.2, 0) is 17.1 Å². The third-order valence-corrected chi connectivity index (χ3v) is 2.51. The van der Waals surface area contributed by atoms with Gasteiger partial charge in [0.1, 0.15) is 0 Å². The Bertz CT molecular complexity index is 435. The van der Waals surface area contributed by atoms with E-state index in [0.717, 1.165) is 5.56 Å². The molecule has 0 aliphatic heterocycles. The minimum Gasteiger partial charge on any atom is -0.481 e. The number of nitrogens with zero attached hydrogens (tertiary/aromatic N) is 1. The van der Waals surface area contributed by atoms with Gasteiger partial charge in [0, 0.05) is 5.88 Å². The van der Waals surface area contributed by atoms with Gasteiger partial charge in [0.05, 0.1) is 18.1 Å². The smallest absolute Gasteiger partial charge is 0.307 e. The van der Waals surface area contributed by atoms with E-state index in [1.807, 2.05) is 13.0 Å². The van der Waals surface area contributed by atoms with E-state index in [2.05, 4.69) is 0 Å². The van der Waals surface area contributed by atoms with Crippen LogP contribution < -0.4 is 0 Å². The molecular weight excluding hydrogens is 214 g/mol. The molecule has 0 aromatic heterocycles. The summed E-state index contributed by atoms with van der Waals surface area (Å²) in [6.45, 7) is 1.81. The van der Waals surface area contributed by atoms with Crippen molar-refractivity contribution in [3.63, 3.8) is 0 Å². The van der Waals surface area contributed by atoms with Gasteiger partial charge >= 0.3 is 5.97 Å². The van der Waals surface area contributed by atoms with E-state index in [-0.39, 0.29) is 12.3 Å². The highest BCUT2D eigenvalue weighted by molar-refractivity contribution is 6.17. The molecule has 1 rings (SSSR count). The first-order valence-corrected chi connectivity index (χ1v) is 4.92. The number of benzene rings is 1. The topological polar surface area (TPSA) is 61.1 Å². The van der Waals surface area contributed by atoms with Gasteiger partial charge < -0.3 is 5.11 Å². The molecule has 1 N–H and O–H groups in total. The molecule has 0 aliphatic carbocycles. The fourth-order valence-corrected chi connectivity index (χ4v) is 1.77. The van der Waals surface area contributed by atoms with Crippen molar-refractivity contribution in [2.75, 3.05) is 0 Å². The number of aliphatic carboxylic acids is 1. The Kier molecular flexibility index (Phi) is 3.70. The number of rotatable bonds is 3. The lowest BCUT2D eigenvalue weighted by Crippen LogP contribution is -2.06. The third kappa shape index (κ3) is 2.48. The second-order valence-corrected chi connectivity index (χ2v) is 3.47. The molecule has 1 aromatic rings. The second kappa shape index (κ2) is 4.81. The summed E-state index contributed by atoms with van der Waals surface area (Å²) in [5.41, 5.74) is 2.58. The van der Waals surface area contributed by atoms with E-state index in [1.54, 1.807) is 12.1 Å². The van der Waals surface area contributed by atoms with Gasteiger partial charge in [-0.3, -0.25) is 4.79 Å². The van der Waals surface area contributed by atoms with Crippen LogP contribution in [0, 0.1) is 18.3 Å². The molecule has 15 heavy (non-hydrogen) atoms. The first kappa shape index (κ1) is 11.5. The fourth-order valence-electron chi connectivity index (χ4n) is 1.46. The zero-order chi connectivity index (χ0) is 11.4. The normalized spacial score (nSPS) is 9.67. The predicted octanol–water partition coefficient (Wildman–Crippen LogP) is 2.23. The molecule has 78 valence electrons. The summed E-state index contributed by atoms with van der Waals surface area (Å²) in [4.78, 5) is 10.7. The van der Waals surface area contributed by atoms with Gasteiger partial charge in [-0.2, -0.15) is 5.26 Å². The maximum atomic E-state index is 10.7. The fraction of sp³-hybridized carbons (Fsp3) is 0.273. The van der Waals surface area contributed by atoms with Gasteiger partial charge in [0.25, 0.3) is 0 Å². The summed E-state index contributed by atoms with van der Waals surface area (Å²) < 4.78 is 0. The Morgan fingerprint density at radius 3 is 2.67 bits per heavy atom. The average molecular weight is 224 g/mol. The summed E-state index contributed by atoms with van der Waals surface area (Å²) in [6.07, 6.45) is -0.0938. The predicted molar refractivity (Wildman–Crippen MR) is 56.8 cm³/mol. The summed E-state index contributed by atoms with van der Waals surface area (Å²) in [5.74, 6) is -0.757. The largest absolute Gasteiger partial charge is 0.481 e. The second-order valence-electron chi connectivity index (χ2n) is 3.20. The van der Waals surface area contributed by atoms with Crippen molar-refractivity contribution in [2.45, 2.75) is 19.2 Å². The molecule has 0 atom stereocenters. The van der Waals surface area contributed by atoms with E-state index >= 15 is 0 Å². The molecule has 3 nitrogen and oxygen atoms in total. The highest BCUT2D eigenvalue weighted by atomic mass is 35.5. The minimum atomic E-state index is -0.917. The number of alkyl halides is 1. The van der Waals surface area contributed by atoms with Gasteiger partial charge in [-0.15, -0.1) is 11.6 Å². The van der Waals surface area contributed by atoms with E-state index in [9.17, 15) is 4.79 Å². The van der Waals surface area contributed by atoms with E-state index in [4.69, 9.17) is 22.0 Å². The lowest BCUT2D eigenvalue weighted by Gasteiger charge is -2.10. The Labute approximate surface area is 92.9 Å². The first-order chi connectivity index (χ1) is 7.10. The molecule has 0 amide bonds. The lowest BCUT2D eigenvalue weighted by atomic mass is 9.96. The number of aryl methyl sites for hydroxylation is 1. The molecular formula is C11H10ClNO2. The number of carboxylic acid groups (broad SMARTS) is 1. The summed E-state index contributed by atoms with van der Waals surface area (Å²) in [5, 5.41) is 17.6. The van der Waals surface area contributed by atoms with Crippen LogP contribution in [0.2, 0.25) is 0 Å². The number of carboxylic acids is 1. The zero-order valence-corrected chi connectivity index (χ0v) is 9.01. The molecule has 0 aliphatic rings. The number of carbonyl (C=O) groups is 1. The Hall–Kier alpha value is -1.53. The van der Waals surface area contributed by atoms with Crippen molar-refractivity contribution in [3.05, 3.63) is 34.4 Å². The number of halogens is 1. The monoisotopic (exact) mass is 223 g/mol. The Morgan fingerprint density at radius 1 is 1.53 bits per heavy atom. The SMILES string of the molecule is Cc1ccc(C#N)c(CCl)c1CC(=O)O. The molecule has 0 spiro atoms. The van der Waals surface area contributed by atoms with Crippen molar-refractivity contribution in [1.82, 2.24) is 0 Å². The molecule has 0 fully saturated rings. The zero-order valence-electron chi connectivity index (χ0n) is 8.25. The molecule has 0 saturated carbocycles. The molecule has 0 radical (unpaired) electrons. The van der Waals surface area contributed by atoms with Crippen LogP contribution in [0.1, 0.15) is 22.3 Å². The van der Waals surface area contributed by atoms with Crippen LogP contribution in [0.25, 0.3) is 0 Å². The molecule has 0 bridgehead atoms. The van der Waals surface area contributed by atoms with Crippen molar-refractivity contribution in [2.24, 2.45) is 0 Å². The highest BCUT2D eigenvalue weighted by Gasteiger charge is 2.12. The summed E-state index contributed by atoms with van der Waals surface area (Å²) >= 11 is 5.73. The van der Waals surface area contributed by atoms with E-state index in [0.29, 0.717) is 16.7 Å². The summed E-state index contributed by atoms with van der Waals surface area (Å²) in [7, 11) is 0. The first-order valence-electron chi connectivity index (χ1n) is 4.39. The molecule has 0 unspecified atom stereocenters. The van der Waals surface area contributed by atoms with Crippen LogP contribution in [0.3, 0.4) is 0 Å². The number of hydrogen-bond donors (Lipinski definition) is 1. The van der Waals surface area contributed by atoms with Crippen molar-refractivity contribution < 1.29 is 9.90 Å². The standard InChI is InChI=1S/C11H10ClNO2/c1-7-2-3-8(6-13)10(5-12)9(7)4-11(14)15/h2-3H,4-5H2,1H3,(H,14,15). The van der Waals surface area contributed by atoms with Crippen molar-refractivity contribution in [1.29, 1.82) is 5.26 Å². The van der Waals surface area contributed by atoms with Crippen LogP contribution >= 0.6 is 11.6 Å². The van der Waals surface area contributed by atoms with E-state index < -0.39 is 5.97 Å². The average Bonchev–Trinajstić information content (AvgIpc) is 2.20. The van der Waals surface area contributed by atoms with Crippen molar-refractivity contribution in [3.8, 4) is 6.07 Å². The number of hydrogen-bond acceptors (Lipinski definition) is 2. The molecule has 4 heteroatoms. The molecule has 0 heterocycles. The number of nitriles is 1. The van der Waals surface area contributed by atoms with Crippen LogP contribution in [0.4, 0.5) is 0 Å². The highest BCUT2D eigenvalue weighted by Crippen LogP contribution is 2.21. The lowest BCUT2D eigenvalue weighted by molar-refractivity contribution is -0.136.